The molecule has 1 amide bonds. The van der Waals surface area contributed by atoms with Crippen LogP contribution in [0.5, 0.6) is 0 Å². The molecule has 0 N–H and O–H groups in total. The van der Waals surface area contributed by atoms with Crippen molar-refractivity contribution in [3.8, 4) is 11.1 Å². The molecule has 0 unspecified atom stereocenters. The lowest BCUT2D eigenvalue weighted by Crippen LogP contribution is -2.38. The van der Waals surface area contributed by atoms with Gasteiger partial charge in [-0.05, 0) is 43.4 Å². The van der Waals surface area contributed by atoms with Crippen LogP contribution in [0, 0.1) is 12.8 Å². The Morgan fingerprint density at radius 3 is 2.67 bits per heavy atom. The Labute approximate surface area is 176 Å². The van der Waals surface area contributed by atoms with Gasteiger partial charge in [-0.15, -0.1) is 0 Å². The molecule has 1 fully saturated rings. The summed E-state index contributed by atoms with van der Waals surface area (Å²) in [5.74, 6) is 2.22. The van der Waals surface area contributed by atoms with E-state index in [1.807, 2.05) is 30.2 Å². The predicted molar refractivity (Wildman–Crippen MR) is 113 cm³/mol. The van der Waals surface area contributed by atoms with E-state index < -0.39 is 0 Å². The van der Waals surface area contributed by atoms with E-state index in [2.05, 4.69) is 29.0 Å². The highest BCUT2D eigenvalue weighted by molar-refractivity contribution is 5.92. The van der Waals surface area contributed by atoms with Crippen LogP contribution in [0.2, 0.25) is 0 Å². The van der Waals surface area contributed by atoms with Gasteiger partial charge in [0.05, 0.1) is 5.69 Å². The maximum Gasteiger partial charge on any atom is 0.276 e. The van der Waals surface area contributed by atoms with Gasteiger partial charge in [-0.2, -0.15) is 0 Å². The highest BCUT2D eigenvalue weighted by Crippen LogP contribution is 2.34. The molecular weight excluding hydrogens is 378 g/mol. The average Bonchev–Trinajstić information content (AvgIpc) is 3.21. The number of nitrogens with zero attached hydrogens (tertiary/aromatic N) is 5. The summed E-state index contributed by atoms with van der Waals surface area (Å²) >= 11 is 0. The lowest BCUT2D eigenvalue weighted by molar-refractivity contribution is 0.0701. The normalized spacial score (nSPS) is 15.0. The fraction of sp³-hybridized carbons (Fsp3) is 0.435. The summed E-state index contributed by atoms with van der Waals surface area (Å²) in [4.78, 5) is 28.0. The zero-order valence-corrected chi connectivity index (χ0v) is 17.7. The van der Waals surface area contributed by atoms with Crippen LogP contribution < -0.4 is 0 Å². The highest BCUT2D eigenvalue weighted by Gasteiger charge is 2.28. The summed E-state index contributed by atoms with van der Waals surface area (Å²) in [6, 6.07) is 5.74. The number of hydrogen-bond acceptors (Lipinski definition) is 6. The Balaban J connectivity index is 1.47. The number of amides is 1. The standard InChI is InChI=1S/C23H27N5O2/c1-15(2)12-19-13-21(27-30-19)23(29)28-10-6-18(7-11-28)22-20(14-25-16(3)26-22)17-4-8-24-9-5-17/h4-5,8-9,13-15,18H,6-7,10-12H2,1-3H3. The number of hydrogen-bond donors (Lipinski definition) is 0. The third-order valence-corrected chi connectivity index (χ3v) is 5.49. The Morgan fingerprint density at radius 2 is 1.97 bits per heavy atom. The molecule has 1 aliphatic rings. The van der Waals surface area contributed by atoms with Crippen molar-refractivity contribution in [2.75, 3.05) is 13.1 Å². The minimum absolute atomic E-state index is 0.0552. The van der Waals surface area contributed by atoms with Crippen molar-refractivity contribution in [2.45, 2.75) is 46.0 Å². The molecule has 1 aliphatic heterocycles. The summed E-state index contributed by atoms with van der Waals surface area (Å²) in [7, 11) is 0. The summed E-state index contributed by atoms with van der Waals surface area (Å²) in [6.07, 6.45) is 7.97. The third kappa shape index (κ3) is 4.40. The first-order chi connectivity index (χ1) is 14.5. The van der Waals surface area contributed by atoms with E-state index in [4.69, 9.17) is 9.51 Å². The van der Waals surface area contributed by atoms with Gasteiger partial charge in [0, 0.05) is 55.6 Å². The molecule has 4 heterocycles. The van der Waals surface area contributed by atoms with E-state index in [0.29, 0.717) is 24.7 Å². The van der Waals surface area contributed by atoms with Gasteiger partial charge in [0.2, 0.25) is 0 Å². The van der Waals surface area contributed by atoms with Crippen molar-refractivity contribution >= 4 is 5.91 Å². The van der Waals surface area contributed by atoms with E-state index in [1.54, 1.807) is 18.5 Å². The van der Waals surface area contributed by atoms with Gasteiger partial charge in [0.25, 0.3) is 5.91 Å². The molecule has 3 aromatic heterocycles. The zero-order valence-electron chi connectivity index (χ0n) is 17.7. The van der Waals surface area contributed by atoms with Gasteiger partial charge >= 0.3 is 0 Å². The van der Waals surface area contributed by atoms with E-state index in [9.17, 15) is 4.79 Å². The number of pyridine rings is 1. The molecule has 0 aromatic carbocycles. The molecule has 0 saturated carbocycles. The minimum Gasteiger partial charge on any atom is -0.361 e. The number of carbonyl (C=O) groups excluding carboxylic acids is 1. The summed E-state index contributed by atoms with van der Waals surface area (Å²) in [6.45, 7) is 7.49. The van der Waals surface area contributed by atoms with Crippen LogP contribution in [0.4, 0.5) is 0 Å². The van der Waals surface area contributed by atoms with Gasteiger partial charge < -0.3 is 9.42 Å². The molecular formula is C23H27N5O2. The topological polar surface area (TPSA) is 85.0 Å². The maximum absolute atomic E-state index is 12.9. The fourth-order valence-electron chi connectivity index (χ4n) is 3.98. The number of rotatable bonds is 5. The highest BCUT2D eigenvalue weighted by atomic mass is 16.5. The predicted octanol–water partition coefficient (Wildman–Crippen LogP) is 4.05. The van der Waals surface area contributed by atoms with Gasteiger partial charge in [-0.1, -0.05) is 19.0 Å². The van der Waals surface area contributed by atoms with Crippen molar-refractivity contribution in [2.24, 2.45) is 5.92 Å². The monoisotopic (exact) mass is 405 g/mol. The molecule has 7 nitrogen and oxygen atoms in total. The van der Waals surface area contributed by atoms with Crippen LogP contribution in [0.25, 0.3) is 11.1 Å². The second-order valence-electron chi connectivity index (χ2n) is 8.29. The van der Waals surface area contributed by atoms with Crippen molar-refractivity contribution < 1.29 is 9.32 Å². The molecule has 1 saturated heterocycles. The van der Waals surface area contributed by atoms with Gasteiger partial charge in [0.15, 0.2) is 5.69 Å². The Hall–Kier alpha value is -3.09. The summed E-state index contributed by atoms with van der Waals surface area (Å²) in [5, 5.41) is 3.99. The lowest BCUT2D eigenvalue weighted by Gasteiger charge is -2.32. The summed E-state index contributed by atoms with van der Waals surface area (Å²) in [5.41, 5.74) is 3.57. The molecule has 7 heteroatoms. The Kier molecular flexibility index (Phi) is 5.88. The minimum atomic E-state index is -0.0552. The van der Waals surface area contributed by atoms with Crippen molar-refractivity contribution in [3.05, 3.63) is 59.8 Å². The Morgan fingerprint density at radius 1 is 1.23 bits per heavy atom. The molecule has 0 aliphatic carbocycles. The van der Waals surface area contributed by atoms with Crippen LogP contribution in [0.1, 0.15) is 60.4 Å². The Bertz CT molecular complexity index is 1010. The first-order valence-electron chi connectivity index (χ1n) is 10.5. The molecule has 0 bridgehead atoms. The van der Waals surface area contributed by atoms with E-state index >= 15 is 0 Å². The molecule has 0 radical (unpaired) electrons. The number of piperidine rings is 1. The smallest absolute Gasteiger partial charge is 0.276 e. The van der Waals surface area contributed by atoms with E-state index in [-0.39, 0.29) is 11.8 Å². The van der Waals surface area contributed by atoms with Gasteiger partial charge in [-0.3, -0.25) is 9.78 Å². The molecule has 30 heavy (non-hydrogen) atoms. The number of carbonyl (C=O) groups is 1. The first-order valence-corrected chi connectivity index (χ1v) is 10.5. The largest absolute Gasteiger partial charge is 0.361 e. The van der Waals surface area contributed by atoms with Crippen LogP contribution in [-0.4, -0.2) is 44.0 Å². The lowest BCUT2D eigenvalue weighted by atomic mass is 9.89. The van der Waals surface area contributed by atoms with Gasteiger partial charge in [0.1, 0.15) is 11.6 Å². The average molecular weight is 406 g/mol. The number of aromatic nitrogens is 4. The van der Waals surface area contributed by atoms with Crippen molar-refractivity contribution in [1.82, 2.24) is 25.0 Å². The molecule has 0 atom stereocenters. The quantitative estimate of drug-likeness (QED) is 0.636. The number of likely N-dealkylation sites (tertiary alicyclic amines) is 1. The second-order valence-corrected chi connectivity index (χ2v) is 8.29. The molecule has 3 aromatic rings. The molecule has 4 rings (SSSR count). The molecule has 0 spiro atoms. The third-order valence-electron chi connectivity index (χ3n) is 5.49. The van der Waals surface area contributed by atoms with Crippen LogP contribution in [-0.2, 0) is 6.42 Å². The van der Waals surface area contributed by atoms with Crippen LogP contribution in [0.3, 0.4) is 0 Å². The first kappa shape index (κ1) is 20.2. The number of aryl methyl sites for hydroxylation is 1. The van der Waals surface area contributed by atoms with E-state index in [1.165, 1.54) is 0 Å². The summed E-state index contributed by atoms with van der Waals surface area (Å²) < 4.78 is 5.34. The van der Waals surface area contributed by atoms with Crippen molar-refractivity contribution in [3.63, 3.8) is 0 Å². The zero-order chi connectivity index (χ0) is 21.1. The van der Waals surface area contributed by atoms with Crippen LogP contribution >= 0.6 is 0 Å². The van der Waals surface area contributed by atoms with E-state index in [0.717, 1.165) is 47.7 Å². The fourth-order valence-corrected chi connectivity index (χ4v) is 3.98. The maximum atomic E-state index is 12.9. The molecule has 156 valence electrons. The van der Waals surface area contributed by atoms with Crippen LogP contribution in [0.15, 0.2) is 41.3 Å². The van der Waals surface area contributed by atoms with Gasteiger partial charge in [-0.25, -0.2) is 9.97 Å². The SMILES string of the molecule is Cc1ncc(-c2ccncc2)c(C2CCN(C(=O)c3cc(CC(C)C)on3)CC2)n1. The van der Waals surface area contributed by atoms with Crippen molar-refractivity contribution in [1.29, 1.82) is 0 Å². The second kappa shape index (κ2) is 8.73.